The number of hydrogen-bond donors (Lipinski definition) is 1. The molecular weight excluding hydrogens is 258 g/mol. The fourth-order valence-electron chi connectivity index (χ4n) is 4.09. The molecule has 3 rings (SSSR count). The van der Waals surface area contributed by atoms with E-state index >= 15 is 0 Å². The molecule has 2 aliphatic rings. The summed E-state index contributed by atoms with van der Waals surface area (Å²) >= 11 is 0. The van der Waals surface area contributed by atoms with Crippen molar-refractivity contribution in [2.75, 3.05) is 13.1 Å². The fourth-order valence-corrected chi connectivity index (χ4v) is 4.09. The van der Waals surface area contributed by atoms with Gasteiger partial charge in [-0.05, 0) is 43.4 Å². The third-order valence-corrected chi connectivity index (χ3v) is 5.53. The van der Waals surface area contributed by atoms with Crippen molar-refractivity contribution in [1.82, 2.24) is 15.2 Å². The van der Waals surface area contributed by atoms with Gasteiger partial charge in [-0.25, -0.2) is 0 Å². The van der Waals surface area contributed by atoms with Crippen LogP contribution in [0.25, 0.3) is 0 Å². The third kappa shape index (κ3) is 3.29. The predicted octanol–water partition coefficient (Wildman–Crippen LogP) is 3.28. The first kappa shape index (κ1) is 15.0. The van der Waals surface area contributed by atoms with Gasteiger partial charge in [0.15, 0.2) is 0 Å². The van der Waals surface area contributed by atoms with Gasteiger partial charge in [0, 0.05) is 43.6 Å². The van der Waals surface area contributed by atoms with Crippen molar-refractivity contribution in [2.24, 2.45) is 0 Å². The molecule has 1 saturated carbocycles. The van der Waals surface area contributed by atoms with Crippen LogP contribution in [0.1, 0.15) is 56.6 Å². The first-order chi connectivity index (χ1) is 10.2. The van der Waals surface area contributed by atoms with Crippen LogP contribution in [-0.4, -0.2) is 34.6 Å². The average molecular weight is 287 g/mol. The van der Waals surface area contributed by atoms with Crippen molar-refractivity contribution in [3.05, 3.63) is 29.6 Å². The number of aryl methyl sites for hydroxylation is 1. The second-order valence-corrected chi connectivity index (χ2v) is 6.99. The molecule has 3 nitrogen and oxygen atoms in total. The SMILES string of the molecule is CCC1CNC2(CCCCC2)CN1Cc1ccncc1C. The largest absolute Gasteiger partial charge is 0.308 e. The number of rotatable bonds is 3. The molecule has 0 aromatic carbocycles. The smallest absolute Gasteiger partial charge is 0.0309 e. The minimum Gasteiger partial charge on any atom is -0.308 e. The summed E-state index contributed by atoms with van der Waals surface area (Å²) in [6.45, 7) is 7.95. The normalized spacial score (nSPS) is 26.1. The predicted molar refractivity (Wildman–Crippen MR) is 87.3 cm³/mol. The maximum Gasteiger partial charge on any atom is 0.0309 e. The Morgan fingerprint density at radius 1 is 1.33 bits per heavy atom. The molecule has 0 radical (unpaired) electrons. The molecule has 1 aliphatic heterocycles. The maximum atomic E-state index is 4.23. The van der Waals surface area contributed by atoms with E-state index in [1.165, 1.54) is 56.2 Å². The van der Waals surface area contributed by atoms with Gasteiger partial charge in [0.2, 0.25) is 0 Å². The summed E-state index contributed by atoms with van der Waals surface area (Å²) in [4.78, 5) is 6.96. The Kier molecular flexibility index (Phi) is 4.60. The van der Waals surface area contributed by atoms with Crippen LogP contribution in [0.2, 0.25) is 0 Å². The molecule has 1 N–H and O–H groups in total. The van der Waals surface area contributed by atoms with E-state index in [-0.39, 0.29) is 0 Å². The molecule has 3 heteroatoms. The summed E-state index contributed by atoms with van der Waals surface area (Å²) in [5, 5.41) is 3.91. The summed E-state index contributed by atoms with van der Waals surface area (Å²) in [7, 11) is 0. The molecular formula is C18H29N3. The van der Waals surface area contributed by atoms with E-state index in [0.29, 0.717) is 11.6 Å². The maximum absolute atomic E-state index is 4.23. The molecule has 1 aromatic rings. The van der Waals surface area contributed by atoms with E-state index < -0.39 is 0 Å². The fraction of sp³-hybridized carbons (Fsp3) is 0.722. The van der Waals surface area contributed by atoms with E-state index in [1.807, 2.05) is 12.4 Å². The summed E-state index contributed by atoms with van der Waals surface area (Å²) in [5.74, 6) is 0. The molecule has 1 unspecified atom stereocenters. The first-order valence-corrected chi connectivity index (χ1v) is 8.61. The summed E-state index contributed by atoms with van der Waals surface area (Å²) in [6.07, 6.45) is 12.1. The van der Waals surface area contributed by atoms with Crippen LogP contribution in [0, 0.1) is 6.92 Å². The van der Waals surface area contributed by atoms with Gasteiger partial charge < -0.3 is 5.32 Å². The van der Waals surface area contributed by atoms with Crippen LogP contribution in [0.15, 0.2) is 18.5 Å². The highest BCUT2D eigenvalue weighted by atomic mass is 15.3. The minimum absolute atomic E-state index is 0.394. The van der Waals surface area contributed by atoms with E-state index in [0.717, 1.165) is 13.1 Å². The van der Waals surface area contributed by atoms with Gasteiger partial charge in [-0.1, -0.05) is 26.2 Å². The lowest BCUT2D eigenvalue weighted by atomic mass is 9.79. The monoisotopic (exact) mass is 287 g/mol. The number of nitrogens with one attached hydrogen (secondary N) is 1. The number of pyridine rings is 1. The summed E-state index contributed by atoms with van der Waals surface area (Å²) < 4.78 is 0. The molecule has 1 aliphatic carbocycles. The third-order valence-electron chi connectivity index (χ3n) is 5.53. The molecule has 1 atom stereocenters. The van der Waals surface area contributed by atoms with Crippen LogP contribution >= 0.6 is 0 Å². The Hall–Kier alpha value is -0.930. The number of hydrogen-bond acceptors (Lipinski definition) is 3. The quantitative estimate of drug-likeness (QED) is 0.925. The highest BCUT2D eigenvalue weighted by Crippen LogP contribution is 2.33. The van der Waals surface area contributed by atoms with Gasteiger partial charge in [-0.15, -0.1) is 0 Å². The van der Waals surface area contributed by atoms with Crippen molar-refractivity contribution in [2.45, 2.75) is 70.5 Å². The second kappa shape index (κ2) is 6.45. The zero-order valence-corrected chi connectivity index (χ0v) is 13.6. The Morgan fingerprint density at radius 3 is 2.86 bits per heavy atom. The minimum atomic E-state index is 0.394. The summed E-state index contributed by atoms with van der Waals surface area (Å²) in [6, 6.07) is 2.86. The van der Waals surface area contributed by atoms with Crippen molar-refractivity contribution in [3.63, 3.8) is 0 Å². The Labute approximate surface area is 129 Å². The van der Waals surface area contributed by atoms with E-state index in [1.54, 1.807) is 0 Å². The van der Waals surface area contributed by atoms with Crippen LogP contribution in [-0.2, 0) is 6.54 Å². The van der Waals surface area contributed by atoms with Crippen LogP contribution in [0.4, 0.5) is 0 Å². The van der Waals surface area contributed by atoms with Crippen molar-refractivity contribution >= 4 is 0 Å². The second-order valence-electron chi connectivity index (χ2n) is 6.99. The standard InChI is InChI=1S/C18H29N3/c1-3-17-12-20-18(8-5-4-6-9-18)14-21(17)13-16-7-10-19-11-15(16)2/h7,10-11,17,20H,3-6,8-9,12-14H2,1-2H3. The molecule has 1 saturated heterocycles. The molecule has 2 heterocycles. The van der Waals surface area contributed by atoms with Crippen LogP contribution < -0.4 is 5.32 Å². The van der Waals surface area contributed by atoms with Crippen molar-refractivity contribution < 1.29 is 0 Å². The van der Waals surface area contributed by atoms with Gasteiger partial charge in [0.25, 0.3) is 0 Å². The highest BCUT2D eigenvalue weighted by molar-refractivity contribution is 5.21. The Bertz CT molecular complexity index is 465. The van der Waals surface area contributed by atoms with E-state index in [9.17, 15) is 0 Å². The van der Waals surface area contributed by atoms with E-state index in [4.69, 9.17) is 0 Å². The zero-order chi connectivity index (χ0) is 14.7. The lowest BCUT2D eigenvalue weighted by molar-refractivity contribution is 0.0483. The van der Waals surface area contributed by atoms with Gasteiger partial charge >= 0.3 is 0 Å². The van der Waals surface area contributed by atoms with Gasteiger partial charge in [-0.3, -0.25) is 9.88 Å². The number of nitrogens with zero attached hydrogens (tertiary/aromatic N) is 2. The molecule has 0 amide bonds. The molecule has 116 valence electrons. The van der Waals surface area contributed by atoms with Gasteiger partial charge in [0.1, 0.15) is 0 Å². The Balaban J connectivity index is 1.75. The summed E-state index contributed by atoms with van der Waals surface area (Å²) in [5.41, 5.74) is 3.16. The zero-order valence-electron chi connectivity index (χ0n) is 13.6. The molecule has 2 fully saturated rings. The molecule has 1 spiro atoms. The highest BCUT2D eigenvalue weighted by Gasteiger charge is 2.39. The van der Waals surface area contributed by atoms with Crippen LogP contribution in [0.3, 0.4) is 0 Å². The van der Waals surface area contributed by atoms with Crippen LogP contribution in [0.5, 0.6) is 0 Å². The molecule has 0 bridgehead atoms. The average Bonchev–Trinajstić information content (AvgIpc) is 2.51. The Morgan fingerprint density at radius 2 is 2.14 bits per heavy atom. The number of piperazine rings is 1. The van der Waals surface area contributed by atoms with Crippen molar-refractivity contribution in [3.8, 4) is 0 Å². The number of aromatic nitrogens is 1. The van der Waals surface area contributed by atoms with Gasteiger partial charge in [0.05, 0.1) is 0 Å². The lowest BCUT2D eigenvalue weighted by Gasteiger charge is -2.49. The lowest BCUT2D eigenvalue weighted by Crippen LogP contribution is -2.64. The molecule has 1 aromatic heterocycles. The molecule has 21 heavy (non-hydrogen) atoms. The first-order valence-electron chi connectivity index (χ1n) is 8.61. The topological polar surface area (TPSA) is 28.2 Å². The van der Waals surface area contributed by atoms with Gasteiger partial charge in [-0.2, -0.15) is 0 Å². The van der Waals surface area contributed by atoms with E-state index in [2.05, 4.69) is 35.1 Å². The van der Waals surface area contributed by atoms with Crippen molar-refractivity contribution in [1.29, 1.82) is 0 Å².